The first-order valence-corrected chi connectivity index (χ1v) is 8.38. The third-order valence-electron chi connectivity index (χ3n) is 3.41. The average molecular weight is 397 g/mol. The molecule has 2 aromatic rings. The Labute approximate surface area is 138 Å². The maximum Gasteiger partial charge on any atom is 0.0519 e. The molecule has 0 saturated carbocycles. The van der Waals surface area contributed by atoms with E-state index in [9.17, 15) is 0 Å². The van der Waals surface area contributed by atoms with Gasteiger partial charge in [-0.3, -0.25) is 0 Å². The lowest BCUT2D eigenvalue weighted by Gasteiger charge is -2.22. The van der Waals surface area contributed by atoms with Crippen LogP contribution in [0, 0.1) is 13.8 Å². The van der Waals surface area contributed by atoms with Crippen LogP contribution in [0.25, 0.3) is 0 Å². The summed E-state index contributed by atoms with van der Waals surface area (Å²) in [5, 5.41) is 3.67. The molecule has 0 aliphatic rings. The summed E-state index contributed by atoms with van der Waals surface area (Å²) >= 11 is 7.22. The molecule has 3 heteroatoms. The van der Waals surface area contributed by atoms with Gasteiger partial charge in [-0.05, 0) is 71.1 Å². The van der Waals surface area contributed by atoms with Crippen LogP contribution in [0.3, 0.4) is 0 Å². The molecule has 0 saturated heterocycles. The number of rotatable bonds is 4. The van der Waals surface area contributed by atoms with E-state index in [1.54, 1.807) is 0 Å². The second kappa shape index (κ2) is 6.77. The van der Waals surface area contributed by atoms with Gasteiger partial charge in [-0.1, -0.05) is 41.1 Å². The van der Waals surface area contributed by atoms with Gasteiger partial charge in [0.1, 0.15) is 0 Å². The Morgan fingerprint density at radius 1 is 1.10 bits per heavy atom. The summed E-state index contributed by atoms with van der Waals surface area (Å²) in [4.78, 5) is 0. The summed E-state index contributed by atoms with van der Waals surface area (Å²) in [5.41, 5.74) is 5.02. The molecule has 2 aromatic carbocycles. The van der Waals surface area contributed by atoms with E-state index in [1.165, 1.54) is 22.4 Å². The monoisotopic (exact) mass is 395 g/mol. The smallest absolute Gasteiger partial charge is 0.0519 e. The third kappa shape index (κ3) is 3.64. The van der Waals surface area contributed by atoms with E-state index in [-0.39, 0.29) is 0 Å². The second-order valence-electron chi connectivity index (χ2n) is 5.10. The molecule has 0 radical (unpaired) electrons. The number of benzene rings is 2. The summed E-state index contributed by atoms with van der Waals surface area (Å²) < 4.78 is 2.25. The fourth-order valence-corrected chi connectivity index (χ4v) is 3.62. The molecular formula is C17H19Br2N. The highest BCUT2D eigenvalue weighted by atomic mass is 79.9. The van der Waals surface area contributed by atoms with E-state index in [0.29, 0.717) is 6.04 Å². The summed E-state index contributed by atoms with van der Waals surface area (Å²) in [6.07, 6.45) is 1.04. The van der Waals surface area contributed by atoms with Crippen molar-refractivity contribution < 1.29 is 0 Å². The van der Waals surface area contributed by atoms with Gasteiger partial charge in [-0.15, -0.1) is 0 Å². The molecule has 0 fully saturated rings. The van der Waals surface area contributed by atoms with Gasteiger partial charge in [0.25, 0.3) is 0 Å². The van der Waals surface area contributed by atoms with Crippen LogP contribution >= 0.6 is 31.9 Å². The van der Waals surface area contributed by atoms with Crippen molar-refractivity contribution in [3.63, 3.8) is 0 Å². The fourth-order valence-electron chi connectivity index (χ4n) is 2.42. The molecule has 1 atom stereocenters. The number of nitrogens with one attached hydrogen (secondary N) is 1. The predicted octanol–water partition coefficient (Wildman–Crippen LogP) is 6.39. The van der Waals surface area contributed by atoms with Gasteiger partial charge >= 0.3 is 0 Å². The van der Waals surface area contributed by atoms with Crippen molar-refractivity contribution in [2.75, 3.05) is 5.32 Å². The van der Waals surface area contributed by atoms with Crippen molar-refractivity contribution in [2.24, 2.45) is 0 Å². The molecule has 1 unspecified atom stereocenters. The Bertz CT molecular complexity index is 585. The summed E-state index contributed by atoms with van der Waals surface area (Å²) in [6, 6.07) is 13.2. The lowest BCUT2D eigenvalue weighted by atomic mass is 10.0. The van der Waals surface area contributed by atoms with Crippen molar-refractivity contribution in [2.45, 2.75) is 33.2 Å². The van der Waals surface area contributed by atoms with E-state index in [0.717, 1.165) is 15.4 Å². The van der Waals surface area contributed by atoms with Gasteiger partial charge in [0.05, 0.1) is 11.7 Å². The SMILES string of the molecule is CCC(Nc1c(C)cc(C)cc1Br)c1cccc(Br)c1. The zero-order chi connectivity index (χ0) is 14.7. The van der Waals surface area contributed by atoms with E-state index in [4.69, 9.17) is 0 Å². The average Bonchev–Trinajstić information content (AvgIpc) is 2.38. The molecule has 0 bridgehead atoms. The van der Waals surface area contributed by atoms with E-state index >= 15 is 0 Å². The minimum Gasteiger partial charge on any atom is -0.377 e. The van der Waals surface area contributed by atoms with Crippen LogP contribution in [0.2, 0.25) is 0 Å². The maximum atomic E-state index is 3.67. The largest absolute Gasteiger partial charge is 0.377 e. The van der Waals surface area contributed by atoms with Gasteiger partial charge in [-0.25, -0.2) is 0 Å². The van der Waals surface area contributed by atoms with E-state index in [2.05, 4.69) is 94.3 Å². The molecule has 106 valence electrons. The summed E-state index contributed by atoms with van der Waals surface area (Å²) in [7, 11) is 0. The first-order chi connectivity index (χ1) is 9.51. The number of halogens is 2. The minimum atomic E-state index is 0.310. The van der Waals surface area contributed by atoms with Crippen molar-refractivity contribution in [3.8, 4) is 0 Å². The fraction of sp³-hybridized carbons (Fsp3) is 0.294. The van der Waals surface area contributed by atoms with Crippen LogP contribution < -0.4 is 5.32 Å². The Balaban J connectivity index is 2.32. The quantitative estimate of drug-likeness (QED) is 0.630. The number of hydrogen-bond acceptors (Lipinski definition) is 1. The van der Waals surface area contributed by atoms with Crippen molar-refractivity contribution >= 4 is 37.5 Å². The Kier molecular flexibility index (Phi) is 5.28. The molecule has 0 aliphatic carbocycles. The lowest BCUT2D eigenvalue weighted by molar-refractivity contribution is 0.747. The lowest BCUT2D eigenvalue weighted by Crippen LogP contribution is -2.11. The molecule has 1 nitrogen and oxygen atoms in total. The van der Waals surface area contributed by atoms with Crippen LogP contribution in [0.4, 0.5) is 5.69 Å². The first-order valence-electron chi connectivity index (χ1n) is 6.80. The van der Waals surface area contributed by atoms with Crippen molar-refractivity contribution in [1.82, 2.24) is 0 Å². The summed E-state index contributed by atoms with van der Waals surface area (Å²) in [5.74, 6) is 0. The Morgan fingerprint density at radius 3 is 2.45 bits per heavy atom. The molecule has 0 heterocycles. The predicted molar refractivity (Wildman–Crippen MR) is 94.4 cm³/mol. The molecular weight excluding hydrogens is 378 g/mol. The Hall–Kier alpha value is -0.800. The molecule has 2 rings (SSSR count). The molecule has 0 spiro atoms. The van der Waals surface area contributed by atoms with Crippen molar-refractivity contribution in [1.29, 1.82) is 0 Å². The van der Waals surface area contributed by atoms with Crippen LogP contribution in [0.5, 0.6) is 0 Å². The van der Waals surface area contributed by atoms with Crippen LogP contribution in [-0.4, -0.2) is 0 Å². The van der Waals surface area contributed by atoms with E-state index in [1.807, 2.05) is 0 Å². The standard InChI is InChI=1S/C17H19Br2N/c1-4-16(13-6-5-7-14(18)10-13)20-17-12(3)8-11(2)9-15(17)19/h5-10,16,20H,4H2,1-3H3. The number of hydrogen-bond donors (Lipinski definition) is 1. The molecule has 0 amide bonds. The zero-order valence-corrected chi connectivity index (χ0v) is 15.2. The second-order valence-corrected chi connectivity index (χ2v) is 6.87. The van der Waals surface area contributed by atoms with Gasteiger partial charge < -0.3 is 5.32 Å². The highest BCUT2D eigenvalue weighted by molar-refractivity contribution is 9.10. The molecule has 0 aromatic heterocycles. The highest BCUT2D eigenvalue weighted by Gasteiger charge is 2.13. The normalized spacial score (nSPS) is 12.2. The van der Waals surface area contributed by atoms with Gasteiger partial charge in [0, 0.05) is 8.95 Å². The molecule has 20 heavy (non-hydrogen) atoms. The Morgan fingerprint density at radius 2 is 1.85 bits per heavy atom. The van der Waals surface area contributed by atoms with Crippen LogP contribution in [-0.2, 0) is 0 Å². The van der Waals surface area contributed by atoms with Gasteiger partial charge in [0.15, 0.2) is 0 Å². The third-order valence-corrected chi connectivity index (χ3v) is 4.53. The maximum absolute atomic E-state index is 3.67. The molecule has 0 aliphatic heterocycles. The first kappa shape index (κ1) is 15.6. The number of aryl methyl sites for hydroxylation is 2. The topological polar surface area (TPSA) is 12.0 Å². The zero-order valence-electron chi connectivity index (χ0n) is 12.0. The number of anilines is 1. The van der Waals surface area contributed by atoms with Crippen molar-refractivity contribution in [3.05, 3.63) is 62.0 Å². The van der Waals surface area contributed by atoms with Gasteiger partial charge in [-0.2, -0.15) is 0 Å². The summed E-state index contributed by atoms with van der Waals surface area (Å²) in [6.45, 7) is 6.47. The van der Waals surface area contributed by atoms with E-state index < -0.39 is 0 Å². The minimum absolute atomic E-state index is 0.310. The van der Waals surface area contributed by atoms with Crippen LogP contribution in [0.15, 0.2) is 45.3 Å². The van der Waals surface area contributed by atoms with Gasteiger partial charge in [0.2, 0.25) is 0 Å². The molecule has 1 N–H and O–H groups in total. The van der Waals surface area contributed by atoms with Crippen LogP contribution in [0.1, 0.15) is 36.1 Å². The highest BCUT2D eigenvalue weighted by Crippen LogP contribution is 2.32.